The van der Waals surface area contributed by atoms with Crippen molar-refractivity contribution in [1.82, 2.24) is 9.55 Å². The zero-order chi connectivity index (χ0) is 10.7. The topological polar surface area (TPSA) is 27.1 Å². The second kappa shape index (κ2) is 4.45. The molecule has 0 radical (unpaired) electrons. The molecule has 0 aliphatic rings. The van der Waals surface area contributed by atoms with Gasteiger partial charge in [0.1, 0.15) is 12.4 Å². The van der Waals surface area contributed by atoms with Gasteiger partial charge in [0.05, 0.1) is 11.0 Å². The van der Waals surface area contributed by atoms with Crippen LogP contribution in [0.2, 0.25) is 0 Å². The number of rotatable bonds is 4. The van der Waals surface area contributed by atoms with Gasteiger partial charge in [0, 0.05) is 13.7 Å². The molecular formula is C12H16N2O. The quantitative estimate of drug-likeness (QED) is 0.765. The maximum Gasteiger partial charge on any atom is 0.135 e. The van der Waals surface area contributed by atoms with Crippen LogP contribution >= 0.6 is 0 Å². The van der Waals surface area contributed by atoms with Crippen LogP contribution in [0.4, 0.5) is 0 Å². The number of methoxy groups -OCH3 is 1. The molecule has 0 saturated carbocycles. The molecule has 0 saturated heterocycles. The zero-order valence-electron chi connectivity index (χ0n) is 9.23. The molecule has 3 heteroatoms. The summed E-state index contributed by atoms with van der Waals surface area (Å²) >= 11 is 0. The van der Waals surface area contributed by atoms with Crippen molar-refractivity contribution in [3.05, 3.63) is 30.1 Å². The lowest BCUT2D eigenvalue weighted by atomic mass is 10.3. The van der Waals surface area contributed by atoms with Gasteiger partial charge in [-0.15, -0.1) is 0 Å². The van der Waals surface area contributed by atoms with Crippen LogP contribution in [0.25, 0.3) is 11.0 Å². The van der Waals surface area contributed by atoms with Gasteiger partial charge in [-0.1, -0.05) is 19.1 Å². The number of para-hydroxylation sites is 2. The number of aromatic nitrogens is 2. The molecule has 1 aromatic carbocycles. The van der Waals surface area contributed by atoms with Gasteiger partial charge in [0.2, 0.25) is 0 Å². The Bertz CT molecular complexity index is 448. The Morgan fingerprint density at radius 3 is 2.87 bits per heavy atom. The molecule has 1 aromatic heterocycles. The van der Waals surface area contributed by atoms with Crippen LogP contribution in [0.15, 0.2) is 24.3 Å². The van der Waals surface area contributed by atoms with Crippen LogP contribution in [0.3, 0.4) is 0 Å². The number of aryl methyl sites for hydroxylation is 1. The Morgan fingerprint density at radius 2 is 2.13 bits per heavy atom. The molecule has 15 heavy (non-hydrogen) atoms. The summed E-state index contributed by atoms with van der Waals surface area (Å²) in [4.78, 5) is 4.56. The summed E-state index contributed by atoms with van der Waals surface area (Å²) in [5, 5.41) is 0. The fourth-order valence-electron chi connectivity index (χ4n) is 1.84. The number of ether oxygens (including phenoxy) is 1. The highest BCUT2D eigenvalue weighted by Crippen LogP contribution is 2.16. The Labute approximate surface area is 89.7 Å². The van der Waals surface area contributed by atoms with E-state index in [0.717, 1.165) is 24.3 Å². The summed E-state index contributed by atoms with van der Waals surface area (Å²) < 4.78 is 7.40. The van der Waals surface area contributed by atoms with Crippen molar-refractivity contribution in [2.45, 2.75) is 26.5 Å². The lowest BCUT2D eigenvalue weighted by Crippen LogP contribution is -2.04. The Morgan fingerprint density at radius 1 is 1.33 bits per heavy atom. The van der Waals surface area contributed by atoms with Gasteiger partial charge in [-0.25, -0.2) is 4.98 Å². The van der Waals surface area contributed by atoms with Gasteiger partial charge in [-0.2, -0.15) is 0 Å². The third-order valence-corrected chi connectivity index (χ3v) is 2.45. The van der Waals surface area contributed by atoms with Crippen LogP contribution in [-0.2, 0) is 17.9 Å². The molecule has 0 aliphatic heterocycles. The predicted octanol–water partition coefficient (Wildman–Crippen LogP) is 2.59. The van der Waals surface area contributed by atoms with Crippen molar-refractivity contribution in [3.63, 3.8) is 0 Å². The van der Waals surface area contributed by atoms with Gasteiger partial charge in [-0.05, 0) is 18.6 Å². The normalized spacial score (nSPS) is 11.1. The zero-order valence-corrected chi connectivity index (χ0v) is 9.23. The van der Waals surface area contributed by atoms with Crippen LogP contribution in [0, 0.1) is 0 Å². The number of benzene rings is 1. The molecular weight excluding hydrogens is 188 g/mol. The third kappa shape index (κ3) is 1.88. The minimum absolute atomic E-state index is 0.578. The summed E-state index contributed by atoms with van der Waals surface area (Å²) in [7, 11) is 1.70. The number of nitrogens with zero attached hydrogens (tertiary/aromatic N) is 2. The van der Waals surface area contributed by atoms with E-state index in [9.17, 15) is 0 Å². The number of hydrogen-bond acceptors (Lipinski definition) is 2. The van der Waals surface area contributed by atoms with E-state index in [4.69, 9.17) is 4.74 Å². The van der Waals surface area contributed by atoms with E-state index in [1.54, 1.807) is 7.11 Å². The molecule has 2 rings (SSSR count). The molecule has 0 bridgehead atoms. The first-order chi connectivity index (χ1) is 7.36. The lowest BCUT2D eigenvalue weighted by Gasteiger charge is -2.06. The van der Waals surface area contributed by atoms with Crippen molar-refractivity contribution in [2.75, 3.05) is 7.11 Å². The molecule has 2 aromatic rings. The molecule has 0 N–H and O–H groups in total. The maximum absolute atomic E-state index is 5.16. The minimum atomic E-state index is 0.578. The van der Waals surface area contributed by atoms with E-state index in [1.165, 1.54) is 5.52 Å². The summed E-state index contributed by atoms with van der Waals surface area (Å²) in [6, 6.07) is 8.22. The second-order valence-electron chi connectivity index (χ2n) is 3.60. The first kappa shape index (κ1) is 10.2. The van der Waals surface area contributed by atoms with E-state index < -0.39 is 0 Å². The smallest absolute Gasteiger partial charge is 0.135 e. The minimum Gasteiger partial charge on any atom is -0.377 e. The monoisotopic (exact) mass is 204 g/mol. The van der Waals surface area contributed by atoms with Crippen LogP contribution < -0.4 is 0 Å². The third-order valence-electron chi connectivity index (χ3n) is 2.45. The van der Waals surface area contributed by atoms with Crippen molar-refractivity contribution < 1.29 is 4.74 Å². The molecule has 1 heterocycles. The molecule has 0 atom stereocenters. The Hall–Kier alpha value is -1.35. The van der Waals surface area contributed by atoms with E-state index in [-0.39, 0.29) is 0 Å². The first-order valence-electron chi connectivity index (χ1n) is 5.30. The largest absolute Gasteiger partial charge is 0.377 e. The van der Waals surface area contributed by atoms with Crippen molar-refractivity contribution >= 4 is 11.0 Å². The SMILES string of the molecule is CCCn1c(COC)nc2ccccc21. The van der Waals surface area contributed by atoms with Gasteiger partial charge in [-0.3, -0.25) is 0 Å². The molecule has 0 aliphatic carbocycles. The molecule has 80 valence electrons. The van der Waals surface area contributed by atoms with E-state index >= 15 is 0 Å². The molecule has 0 spiro atoms. The standard InChI is InChI=1S/C12H16N2O/c1-3-8-14-11-7-5-4-6-10(11)13-12(14)9-15-2/h4-7H,3,8-9H2,1-2H3. The predicted molar refractivity (Wildman–Crippen MR) is 60.7 cm³/mol. The highest BCUT2D eigenvalue weighted by molar-refractivity contribution is 5.75. The van der Waals surface area contributed by atoms with Crippen molar-refractivity contribution in [2.24, 2.45) is 0 Å². The summed E-state index contributed by atoms with van der Waals surface area (Å²) in [5.41, 5.74) is 2.25. The van der Waals surface area contributed by atoms with Gasteiger partial charge in [0.15, 0.2) is 0 Å². The second-order valence-corrected chi connectivity index (χ2v) is 3.60. The van der Waals surface area contributed by atoms with Gasteiger partial charge < -0.3 is 9.30 Å². The lowest BCUT2D eigenvalue weighted by molar-refractivity contribution is 0.174. The number of hydrogen-bond donors (Lipinski definition) is 0. The number of imidazole rings is 1. The van der Waals surface area contributed by atoms with Crippen molar-refractivity contribution in [3.8, 4) is 0 Å². The van der Waals surface area contributed by atoms with Crippen molar-refractivity contribution in [1.29, 1.82) is 0 Å². The molecule has 0 fully saturated rings. The van der Waals surface area contributed by atoms with E-state index in [1.807, 2.05) is 18.2 Å². The summed E-state index contributed by atoms with van der Waals surface area (Å²) in [6.07, 6.45) is 1.11. The Kier molecular flexibility index (Phi) is 3.02. The van der Waals surface area contributed by atoms with Crippen LogP contribution in [-0.4, -0.2) is 16.7 Å². The Balaban J connectivity index is 2.53. The summed E-state index contributed by atoms with van der Waals surface area (Å²) in [6.45, 7) is 3.75. The van der Waals surface area contributed by atoms with Gasteiger partial charge in [0.25, 0.3) is 0 Å². The maximum atomic E-state index is 5.16. The molecule has 3 nitrogen and oxygen atoms in total. The average Bonchev–Trinajstić information content (AvgIpc) is 2.59. The summed E-state index contributed by atoms with van der Waals surface area (Å²) in [5.74, 6) is 1.01. The highest BCUT2D eigenvalue weighted by Gasteiger charge is 2.08. The van der Waals surface area contributed by atoms with Crippen LogP contribution in [0.1, 0.15) is 19.2 Å². The fraction of sp³-hybridized carbons (Fsp3) is 0.417. The van der Waals surface area contributed by atoms with Gasteiger partial charge >= 0.3 is 0 Å². The first-order valence-corrected chi connectivity index (χ1v) is 5.30. The van der Waals surface area contributed by atoms with Crippen LogP contribution in [0.5, 0.6) is 0 Å². The molecule has 0 amide bonds. The van der Waals surface area contributed by atoms with E-state index in [0.29, 0.717) is 6.61 Å². The fourth-order valence-corrected chi connectivity index (χ4v) is 1.84. The van der Waals surface area contributed by atoms with E-state index in [2.05, 4.69) is 22.5 Å². The highest BCUT2D eigenvalue weighted by atomic mass is 16.5. The number of fused-ring (bicyclic) bond motifs is 1. The average molecular weight is 204 g/mol. The molecule has 0 unspecified atom stereocenters.